The second-order valence-corrected chi connectivity index (χ2v) is 5.61. The molecule has 1 N–H and O–H groups in total. The van der Waals surface area contributed by atoms with Crippen molar-refractivity contribution in [3.05, 3.63) is 63.9 Å². The van der Waals surface area contributed by atoms with Crippen LogP contribution in [0, 0.1) is 0 Å². The van der Waals surface area contributed by atoms with E-state index in [-0.39, 0.29) is 0 Å². The Morgan fingerprint density at radius 2 is 2.05 bits per heavy atom. The highest BCUT2D eigenvalue weighted by molar-refractivity contribution is 7.10. The first-order valence-corrected chi connectivity index (χ1v) is 7.73. The fourth-order valence-electron chi connectivity index (χ4n) is 1.97. The van der Waals surface area contributed by atoms with Gasteiger partial charge < -0.3 is 9.84 Å². The zero-order valence-corrected chi connectivity index (χ0v) is 12.5. The summed E-state index contributed by atoms with van der Waals surface area (Å²) in [6.07, 6.45) is 4.76. The van der Waals surface area contributed by atoms with E-state index in [4.69, 9.17) is 9.84 Å². The molecule has 0 aliphatic heterocycles. The van der Waals surface area contributed by atoms with Gasteiger partial charge in [0, 0.05) is 17.6 Å². The molecule has 1 aromatic heterocycles. The Balaban J connectivity index is 1.72. The standard InChI is InChI=1S/C17H18O3S/c18-17(19)9-8-15-10-12-21-16(15)13-20-11-4-7-14-5-2-1-3-6-14/h1-3,5-6,8-10,12H,4,7,11,13H2,(H,18,19). The number of benzene rings is 1. The molecule has 1 heterocycles. The van der Waals surface area contributed by atoms with Gasteiger partial charge in [0.15, 0.2) is 0 Å². The van der Waals surface area contributed by atoms with Gasteiger partial charge in [-0.2, -0.15) is 0 Å². The highest BCUT2D eigenvalue weighted by Crippen LogP contribution is 2.19. The van der Waals surface area contributed by atoms with Gasteiger partial charge >= 0.3 is 5.97 Å². The molecule has 4 heteroatoms. The summed E-state index contributed by atoms with van der Waals surface area (Å²) in [4.78, 5) is 11.6. The summed E-state index contributed by atoms with van der Waals surface area (Å²) in [5, 5.41) is 10.6. The highest BCUT2D eigenvalue weighted by Gasteiger charge is 2.02. The molecule has 2 aromatic rings. The predicted octanol–water partition coefficient (Wildman–Crippen LogP) is 4.00. The molecular formula is C17H18O3S. The van der Waals surface area contributed by atoms with E-state index >= 15 is 0 Å². The summed E-state index contributed by atoms with van der Waals surface area (Å²) in [7, 11) is 0. The van der Waals surface area contributed by atoms with E-state index in [9.17, 15) is 4.79 Å². The van der Waals surface area contributed by atoms with Crippen molar-refractivity contribution in [1.29, 1.82) is 0 Å². The van der Waals surface area contributed by atoms with Crippen LogP contribution in [0.5, 0.6) is 0 Å². The predicted molar refractivity (Wildman–Crippen MR) is 85.4 cm³/mol. The number of ether oxygens (including phenoxy) is 1. The SMILES string of the molecule is O=C(O)C=Cc1ccsc1COCCCc1ccccc1. The Hall–Kier alpha value is -1.91. The molecule has 1 aromatic carbocycles. The fourth-order valence-corrected chi connectivity index (χ4v) is 2.77. The molecule has 3 nitrogen and oxygen atoms in total. The monoisotopic (exact) mass is 302 g/mol. The highest BCUT2D eigenvalue weighted by atomic mass is 32.1. The first-order chi connectivity index (χ1) is 10.3. The summed E-state index contributed by atoms with van der Waals surface area (Å²) in [6, 6.07) is 12.3. The van der Waals surface area contributed by atoms with Crippen LogP contribution < -0.4 is 0 Å². The molecule has 0 saturated carbocycles. The van der Waals surface area contributed by atoms with Gasteiger partial charge in [0.05, 0.1) is 6.61 Å². The first-order valence-electron chi connectivity index (χ1n) is 6.85. The number of thiophene rings is 1. The van der Waals surface area contributed by atoms with Crippen LogP contribution in [0.4, 0.5) is 0 Å². The lowest BCUT2D eigenvalue weighted by molar-refractivity contribution is -0.131. The van der Waals surface area contributed by atoms with Crippen LogP contribution >= 0.6 is 11.3 Å². The fraction of sp³-hybridized carbons (Fsp3) is 0.235. The van der Waals surface area contributed by atoms with E-state index < -0.39 is 5.97 Å². The molecule has 110 valence electrons. The normalized spacial score (nSPS) is 11.0. The van der Waals surface area contributed by atoms with E-state index in [2.05, 4.69) is 12.1 Å². The number of carboxylic acid groups (broad SMARTS) is 1. The zero-order chi connectivity index (χ0) is 14.9. The molecule has 0 amide bonds. The topological polar surface area (TPSA) is 46.5 Å². The molecule has 0 atom stereocenters. The smallest absolute Gasteiger partial charge is 0.328 e. The van der Waals surface area contributed by atoms with Crippen LogP contribution in [0.3, 0.4) is 0 Å². The lowest BCUT2D eigenvalue weighted by Gasteiger charge is -2.04. The van der Waals surface area contributed by atoms with Crippen molar-refractivity contribution in [3.8, 4) is 0 Å². The molecular weight excluding hydrogens is 284 g/mol. The molecule has 0 spiro atoms. The van der Waals surface area contributed by atoms with Crippen molar-refractivity contribution in [1.82, 2.24) is 0 Å². The van der Waals surface area contributed by atoms with Crippen LogP contribution in [0.1, 0.15) is 22.4 Å². The van der Waals surface area contributed by atoms with Crippen LogP contribution in [-0.4, -0.2) is 17.7 Å². The molecule has 0 aliphatic rings. The Morgan fingerprint density at radius 1 is 1.24 bits per heavy atom. The summed E-state index contributed by atoms with van der Waals surface area (Å²) < 4.78 is 5.68. The quantitative estimate of drug-likeness (QED) is 0.592. The third-order valence-corrected chi connectivity index (χ3v) is 3.93. The van der Waals surface area contributed by atoms with Gasteiger partial charge in [-0.05, 0) is 41.5 Å². The average Bonchev–Trinajstić information content (AvgIpc) is 2.93. The molecule has 0 saturated heterocycles. The Kier molecular flexibility index (Phi) is 6.19. The second kappa shape index (κ2) is 8.39. The molecule has 0 bridgehead atoms. The summed E-state index contributed by atoms with van der Waals surface area (Å²) in [6.45, 7) is 1.24. The van der Waals surface area contributed by atoms with Crippen molar-refractivity contribution in [2.24, 2.45) is 0 Å². The first kappa shape index (κ1) is 15.5. The average molecular weight is 302 g/mol. The van der Waals surface area contributed by atoms with E-state index in [1.54, 1.807) is 17.4 Å². The van der Waals surface area contributed by atoms with Crippen molar-refractivity contribution >= 4 is 23.4 Å². The van der Waals surface area contributed by atoms with E-state index in [1.807, 2.05) is 29.6 Å². The summed E-state index contributed by atoms with van der Waals surface area (Å²) in [5.41, 5.74) is 2.24. The van der Waals surface area contributed by atoms with Crippen LogP contribution in [0.25, 0.3) is 6.08 Å². The van der Waals surface area contributed by atoms with Gasteiger partial charge in [0.2, 0.25) is 0 Å². The van der Waals surface area contributed by atoms with Crippen molar-refractivity contribution in [3.63, 3.8) is 0 Å². The molecule has 0 aliphatic carbocycles. The largest absolute Gasteiger partial charge is 0.478 e. The third kappa shape index (κ3) is 5.53. The molecule has 0 fully saturated rings. The van der Waals surface area contributed by atoms with Gasteiger partial charge in [-0.3, -0.25) is 0 Å². The van der Waals surface area contributed by atoms with Gasteiger partial charge in [0.1, 0.15) is 0 Å². The van der Waals surface area contributed by atoms with Gasteiger partial charge in [-0.1, -0.05) is 30.3 Å². The molecule has 21 heavy (non-hydrogen) atoms. The maximum atomic E-state index is 10.5. The summed E-state index contributed by atoms with van der Waals surface area (Å²) >= 11 is 1.59. The Labute approximate surface area is 128 Å². The van der Waals surface area contributed by atoms with Gasteiger partial charge in [-0.15, -0.1) is 11.3 Å². The van der Waals surface area contributed by atoms with Crippen LogP contribution in [0.15, 0.2) is 47.9 Å². The minimum Gasteiger partial charge on any atom is -0.478 e. The van der Waals surface area contributed by atoms with E-state index in [0.29, 0.717) is 13.2 Å². The minimum absolute atomic E-state index is 0.533. The number of aryl methyl sites for hydroxylation is 1. The number of carboxylic acids is 1. The number of carbonyl (C=O) groups is 1. The van der Waals surface area contributed by atoms with Crippen molar-refractivity contribution in [2.75, 3.05) is 6.61 Å². The van der Waals surface area contributed by atoms with E-state index in [1.165, 1.54) is 5.56 Å². The number of hydrogen-bond acceptors (Lipinski definition) is 3. The second-order valence-electron chi connectivity index (χ2n) is 4.61. The number of aliphatic carboxylic acids is 1. The number of rotatable bonds is 8. The maximum Gasteiger partial charge on any atom is 0.328 e. The number of hydrogen-bond donors (Lipinski definition) is 1. The summed E-state index contributed by atoms with van der Waals surface area (Å²) in [5.74, 6) is -0.934. The zero-order valence-electron chi connectivity index (χ0n) is 11.7. The van der Waals surface area contributed by atoms with Crippen molar-refractivity contribution < 1.29 is 14.6 Å². The lowest BCUT2D eigenvalue weighted by Crippen LogP contribution is -1.97. The molecule has 0 unspecified atom stereocenters. The van der Waals surface area contributed by atoms with Crippen molar-refractivity contribution in [2.45, 2.75) is 19.4 Å². The Morgan fingerprint density at radius 3 is 2.81 bits per heavy atom. The van der Waals surface area contributed by atoms with Gasteiger partial charge in [-0.25, -0.2) is 4.79 Å². The maximum absolute atomic E-state index is 10.5. The third-order valence-electron chi connectivity index (χ3n) is 3.02. The van der Waals surface area contributed by atoms with E-state index in [0.717, 1.165) is 29.4 Å². The molecule has 0 radical (unpaired) electrons. The van der Waals surface area contributed by atoms with Crippen LogP contribution in [0.2, 0.25) is 0 Å². The van der Waals surface area contributed by atoms with Crippen LogP contribution in [-0.2, 0) is 22.6 Å². The molecule has 2 rings (SSSR count). The minimum atomic E-state index is -0.934. The van der Waals surface area contributed by atoms with Gasteiger partial charge in [0.25, 0.3) is 0 Å². The Bertz CT molecular complexity index is 587. The lowest BCUT2D eigenvalue weighted by atomic mass is 10.1.